The van der Waals surface area contributed by atoms with E-state index in [-0.39, 0.29) is 17.2 Å². The van der Waals surface area contributed by atoms with Gasteiger partial charge in [-0.2, -0.15) is 0 Å². The summed E-state index contributed by atoms with van der Waals surface area (Å²) in [5.74, 6) is 2.38. The number of hydrogen-bond donors (Lipinski definition) is 1. The minimum Gasteiger partial charge on any atom is -0.457 e. The maximum Gasteiger partial charge on any atom is 0.276 e. The lowest BCUT2D eigenvalue weighted by Gasteiger charge is -2.25. The molecule has 1 aliphatic heterocycles. The Kier molecular flexibility index (Phi) is 6.17. The molecule has 1 aliphatic rings. The molecule has 0 aliphatic carbocycles. The fourth-order valence-electron chi connectivity index (χ4n) is 3.09. The van der Waals surface area contributed by atoms with E-state index >= 15 is 0 Å². The number of hydrogen-bond acceptors (Lipinski definition) is 4. The van der Waals surface area contributed by atoms with Gasteiger partial charge in [-0.1, -0.05) is 42.1 Å². The molecule has 5 nitrogen and oxygen atoms in total. The monoisotopic (exact) mass is 370 g/mol. The molecule has 136 valence electrons. The predicted octanol–water partition coefficient (Wildman–Crippen LogP) is 4.17. The molecule has 1 unspecified atom stereocenters. The van der Waals surface area contributed by atoms with Crippen molar-refractivity contribution in [1.29, 1.82) is 0 Å². The zero-order valence-electron chi connectivity index (χ0n) is 14.5. The molecule has 1 fully saturated rings. The highest BCUT2D eigenvalue weighted by molar-refractivity contribution is 8.13. The highest BCUT2D eigenvalue weighted by atomic mass is 32.2. The predicted molar refractivity (Wildman–Crippen MR) is 103 cm³/mol. The summed E-state index contributed by atoms with van der Waals surface area (Å²) >= 11 is 1.11. The summed E-state index contributed by atoms with van der Waals surface area (Å²) in [6.45, 7) is 0.580. The summed E-state index contributed by atoms with van der Waals surface area (Å²) in [7, 11) is 0. The molecular formula is C20H22N2O3S. The second-order valence-electron chi connectivity index (χ2n) is 6.23. The first kappa shape index (κ1) is 18.3. The molecule has 26 heavy (non-hydrogen) atoms. The van der Waals surface area contributed by atoms with Crippen molar-refractivity contribution in [3.63, 3.8) is 0 Å². The van der Waals surface area contributed by atoms with Crippen molar-refractivity contribution in [3.8, 4) is 11.5 Å². The Hall–Kier alpha value is -2.47. The number of primary amides is 1. The third kappa shape index (κ3) is 5.02. The SMILES string of the molecule is NC(=O)SCCC1CCC(=O)N1Cc1ccc(Oc2ccccc2)cc1. The second kappa shape index (κ2) is 8.76. The number of likely N-dealkylation sites (tertiary alicyclic amines) is 1. The quantitative estimate of drug-likeness (QED) is 0.794. The van der Waals surface area contributed by atoms with E-state index < -0.39 is 0 Å². The Bertz CT molecular complexity index is 749. The van der Waals surface area contributed by atoms with E-state index in [0.29, 0.717) is 18.7 Å². The van der Waals surface area contributed by atoms with E-state index in [9.17, 15) is 9.59 Å². The van der Waals surface area contributed by atoms with Gasteiger partial charge in [-0.05, 0) is 42.7 Å². The maximum absolute atomic E-state index is 12.2. The molecular weight excluding hydrogens is 348 g/mol. The van der Waals surface area contributed by atoms with Gasteiger partial charge in [0.15, 0.2) is 0 Å². The Morgan fingerprint density at radius 3 is 2.50 bits per heavy atom. The number of thioether (sulfide) groups is 1. The van der Waals surface area contributed by atoms with Crippen LogP contribution in [0.15, 0.2) is 54.6 Å². The van der Waals surface area contributed by atoms with Gasteiger partial charge in [0.2, 0.25) is 5.91 Å². The van der Waals surface area contributed by atoms with Crippen molar-refractivity contribution >= 4 is 22.9 Å². The van der Waals surface area contributed by atoms with Crippen LogP contribution in [0.25, 0.3) is 0 Å². The van der Waals surface area contributed by atoms with Gasteiger partial charge in [-0.15, -0.1) is 0 Å². The van der Waals surface area contributed by atoms with Crippen molar-refractivity contribution in [2.24, 2.45) is 5.73 Å². The van der Waals surface area contributed by atoms with Gasteiger partial charge >= 0.3 is 0 Å². The van der Waals surface area contributed by atoms with Crippen LogP contribution in [0.3, 0.4) is 0 Å². The van der Waals surface area contributed by atoms with Crippen LogP contribution < -0.4 is 10.5 Å². The van der Waals surface area contributed by atoms with E-state index in [1.165, 1.54) is 0 Å². The normalized spacial score (nSPS) is 16.7. The molecule has 2 aromatic rings. The molecule has 0 spiro atoms. The van der Waals surface area contributed by atoms with Gasteiger partial charge in [0.05, 0.1) is 0 Å². The van der Waals surface area contributed by atoms with Crippen LogP contribution in [-0.4, -0.2) is 27.8 Å². The Balaban J connectivity index is 1.58. The van der Waals surface area contributed by atoms with E-state index in [0.717, 1.165) is 41.7 Å². The lowest BCUT2D eigenvalue weighted by atomic mass is 10.1. The van der Waals surface area contributed by atoms with Crippen LogP contribution in [0, 0.1) is 0 Å². The van der Waals surface area contributed by atoms with Gasteiger partial charge in [0.1, 0.15) is 11.5 Å². The Morgan fingerprint density at radius 1 is 1.12 bits per heavy atom. The summed E-state index contributed by atoms with van der Waals surface area (Å²) < 4.78 is 5.79. The van der Waals surface area contributed by atoms with E-state index in [2.05, 4.69) is 0 Å². The number of nitrogens with two attached hydrogens (primary N) is 1. The number of amides is 2. The number of para-hydroxylation sites is 1. The highest BCUT2D eigenvalue weighted by Crippen LogP contribution is 2.26. The van der Waals surface area contributed by atoms with E-state index in [4.69, 9.17) is 10.5 Å². The Morgan fingerprint density at radius 2 is 1.81 bits per heavy atom. The zero-order chi connectivity index (χ0) is 18.4. The largest absolute Gasteiger partial charge is 0.457 e. The average molecular weight is 370 g/mol. The summed E-state index contributed by atoms with van der Waals surface area (Å²) in [6.07, 6.45) is 2.20. The zero-order valence-corrected chi connectivity index (χ0v) is 15.3. The topological polar surface area (TPSA) is 72.6 Å². The molecule has 0 radical (unpaired) electrons. The van der Waals surface area contributed by atoms with Crippen molar-refractivity contribution < 1.29 is 14.3 Å². The maximum atomic E-state index is 12.2. The molecule has 6 heteroatoms. The van der Waals surface area contributed by atoms with Crippen molar-refractivity contribution in [3.05, 3.63) is 60.2 Å². The molecule has 3 rings (SSSR count). The lowest BCUT2D eigenvalue weighted by Crippen LogP contribution is -2.33. The van der Waals surface area contributed by atoms with Crippen LogP contribution in [-0.2, 0) is 11.3 Å². The highest BCUT2D eigenvalue weighted by Gasteiger charge is 2.30. The van der Waals surface area contributed by atoms with Crippen LogP contribution in [0.5, 0.6) is 11.5 Å². The van der Waals surface area contributed by atoms with Crippen molar-refractivity contribution in [1.82, 2.24) is 4.90 Å². The van der Waals surface area contributed by atoms with Crippen molar-refractivity contribution in [2.45, 2.75) is 31.8 Å². The minimum atomic E-state index is -0.366. The molecule has 2 N–H and O–H groups in total. The van der Waals surface area contributed by atoms with Gasteiger partial charge in [0, 0.05) is 24.8 Å². The second-order valence-corrected chi connectivity index (χ2v) is 7.33. The number of benzene rings is 2. The summed E-state index contributed by atoms with van der Waals surface area (Å²) in [5.41, 5.74) is 6.23. The first-order valence-corrected chi connectivity index (χ1v) is 9.64. The van der Waals surface area contributed by atoms with Crippen LogP contribution in [0.1, 0.15) is 24.8 Å². The first-order chi connectivity index (χ1) is 12.6. The fraction of sp³-hybridized carbons (Fsp3) is 0.300. The molecule has 2 aromatic carbocycles. The molecule has 1 saturated heterocycles. The lowest BCUT2D eigenvalue weighted by molar-refractivity contribution is -0.129. The number of carbonyl (C=O) groups excluding carboxylic acids is 2. The Labute approximate surface area is 157 Å². The number of nitrogens with zero attached hydrogens (tertiary/aromatic N) is 1. The van der Waals surface area contributed by atoms with Gasteiger partial charge in [0.25, 0.3) is 5.24 Å². The summed E-state index contributed by atoms with van der Waals surface area (Å²) in [5, 5.41) is -0.366. The minimum absolute atomic E-state index is 0.170. The molecule has 1 atom stereocenters. The fourth-order valence-corrected chi connectivity index (χ4v) is 3.68. The van der Waals surface area contributed by atoms with Crippen LogP contribution in [0.4, 0.5) is 4.79 Å². The van der Waals surface area contributed by atoms with Crippen LogP contribution in [0.2, 0.25) is 0 Å². The smallest absolute Gasteiger partial charge is 0.276 e. The summed E-state index contributed by atoms with van der Waals surface area (Å²) in [6, 6.07) is 17.6. The van der Waals surface area contributed by atoms with Gasteiger partial charge in [-0.25, -0.2) is 0 Å². The van der Waals surface area contributed by atoms with E-state index in [1.54, 1.807) is 0 Å². The van der Waals surface area contributed by atoms with Gasteiger partial charge in [-0.3, -0.25) is 9.59 Å². The molecule has 0 aromatic heterocycles. The average Bonchev–Trinajstić information content (AvgIpc) is 2.97. The van der Waals surface area contributed by atoms with Gasteiger partial charge < -0.3 is 15.4 Å². The van der Waals surface area contributed by atoms with E-state index in [1.807, 2.05) is 59.5 Å². The molecule has 1 heterocycles. The molecule has 2 amide bonds. The molecule has 0 bridgehead atoms. The number of carbonyl (C=O) groups is 2. The van der Waals surface area contributed by atoms with Crippen LogP contribution >= 0.6 is 11.8 Å². The standard InChI is InChI=1S/C20H22N2O3S/c21-20(24)26-13-12-16-8-11-19(23)22(16)14-15-6-9-18(10-7-15)25-17-4-2-1-3-5-17/h1-7,9-10,16H,8,11-14H2,(H2,21,24). The molecule has 0 saturated carbocycles. The third-order valence-electron chi connectivity index (χ3n) is 4.40. The summed E-state index contributed by atoms with van der Waals surface area (Å²) in [4.78, 5) is 25.0. The first-order valence-electron chi connectivity index (χ1n) is 8.65. The number of rotatable bonds is 7. The van der Waals surface area contributed by atoms with Crippen molar-refractivity contribution in [2.75, 3.05) is 5.75 Å². The number of ether oxygens (including phenoxy) is 1. The third-order valence-corrected chi connectivity index (χ3v) is 5.13.